The van der Waals surface area contributed by atoms with Gasteiger partial charge in [0.15, 0.2) is 0 Å². The van der Waals surface area contributed by atoms with Crippen LogP contribution in [0.4, 0.5) is 0 Å². The number of aromatic nitrogens is 4. The summed E-state index contributed by atoms with van der Waals surface area (Å²) < 4.78 is 1.98. The lowest BCUT2D eigenvalue weighted by Crippen LogP contribution is -2.26. The minimum atomic E-state index is 0.0210. The summed E-state index contributed by atoms with van der Waals surface area (Å²) in [5.41, 5.74) is 3.60. The molecule has 0 aromatic carbocycles. The van der Waals surface area contributed by atoms with Crippen molar-refractivity contribution in [2.45, 2.75) is 52.7 Å². The molecule has 6 nitrogen and oxygen atoms in total. The lowest BCUT2D eigenvalue weighted by atomic mass is 10.1. The molecule has 2 aromatic rings. The van der Waals surface area contributed by atoms with Crippen molar-refractivity contribution in [2.75, 3.05) is 0 Å². The maximum Gasteiger partial charge on any atom is 0.257 e. The van der Waals surface area contributed by atoms with Gasteiger partial charge in [0.1, 0.15) is 6.33 Å². The summed E-state index contributed by atoms with van der Waals surface area (Å²) in [4.78, 5) is 22.8. The Bertz CT molecular complexity index is 665. The third-order valence-electron chi connectivity index (χ3n) is 4.43. The van der Waals surface area contributed by atoms with E-state index < -0.39 is 0 Å². The third-order valence-corrected chi connectivity index (χ3v) is 4.43. The maximum atomic E-state index is 12.8. The average molecular weight is 299 g/mol. The van der Waals surface area contributed by atoms with Gasteiger partial charge in [0, 0.05) is 24.0 Å². The van der Waals surface area contributed by atoms with Crippen molar-refractivity contribution >= 4 is 5.91 Å². The van der Waals surface area contributed by atoms with Gasteiger partial charge in [-0.3, -0.25) is 9.48 Å². The number of hydrogen-bond acceptors (Lipinski definition) is 4. The number of fused-ring (bicyclic) bond motifs is 1. The van der Waals surface area contributed by atoms with Gasteiger partial charge in [-0.15, -0.1) is 0 Å². The van der Waals surface area contributed by atoms with Crippen LogP contribution in [0, 0.1) is 6.92 Å². The van der Waals surface area contributed by atoms with Crippen LogP contribution in [-0.4, -0.2) is 30.6 Å². The van der Waals surface area contributed by atoms with Crippen LogP contribution in [0.2, 0.25) is 0 Å². The first kappa shape index (κ1) is 14.7. The van der Waals surface area contributed by atoms with Crippen molar-refractivity contribution < 1.29 is 4.79 Å². The third kappa shape index (κ3) is 2.38. The molecule has 0 unspecified atom stereocenters. The van der Waals surface area contributed by atoms with E-state index in [1.165, 1.54) is 6.33 Å². The standard InChI is InChI=1S/C16H21N5O/c1-4-13(5-2)21-11(3)14(7-19-21)16(22)20-8-12-6-17-10-18-15(12)9-20/h6-7,10,13H,4-5,8-9H2,1-3H3. The van der Waals surface area contributed by atoms with Crippen molar-refractivity contribution in [3.63, 3.8) is 0 Å². The fourth-order valence-electron chi connectivity index (χ4n) is 3.05. The van der Waals surface area contributed by atoms with Gasteiger partial charge in [-0.2, -0.15) is 5.10 Å². The van der Waals surface area contributed by atoms with Crippen LogP contribution in [0.5, 0.6) is 0 Å². The second-order valence-electron chi connectivity index (χ2n) is 5.71. The Morgan fingerprint density at radius 1 is 1.27 bits per heavy atom. The summed E-state index contributed by atoms with van der Waals surface area (Å²) in [7, 11) is 0. The van der Waals surface area contributed by atoms with Crippen molar-refractivity contribution in [1.29, 1.82) is 0 Å². The van der Waals surface area contributed by atoms with E-state index in [1.807, 2.05) is 11.6 Å². The highest BCUT2D eigenvalue weighted by Crippen LogP contribution is 2.24. The molecule has 0 saturated carbocycles. The fraction of sp³-hybridized carbons (Fsp3) is 0.500. The summed E-state index contributed by atoms with van der Waals surface area (Å²) in [6.07, 6.45) is 7.04. The van der Waals surface area contributed by atoms with Crippen molar-refractivity contribution in [3.8, 4) is 0 Å². The van der Waals surface area contributed by atoms with E-state index in [4.69, 9.17) is 0 Å². The minimum absolute atomic E-state index is 0.0210. The van der Waals surface area contributed by atoms with Crippen molar-refractivity contribution in [3.05, 3.63) is 41.2 Å². The van der Waals surface area contributed by atoms with Gasteiger partial charge in [0.2, 0.25) is 0 Å². The molecule has 3 rings (SSSR count). The summed E-state index contributed by atoms with van der Waals surface area (Å²) >= 11 is 0. The van der Waals surface area contributed by atoms with E-state index >= 15 is 0 Å². The molecule has 0 fully saturated rings. The van der Waals surface area contributed by atoms with Gasteiger partial charge < -0.3 is 4.90 Å². The number of carbonyl (C=O) groups excluding carboxylic acids is 1. The van der Waals surface area contributed by atoms with Crippen LogP contribution in [0.25, 0.3) is 0 Å². The predicted molar refractivity (Wildman–Crippen MR) is 82.2 cm³/mol. The minimum Gasteiger partial charge on any atom is -0.328 e. The molecule has 2 aromatic heterocycles. The predicted octanol–water partition coefficient (Wildman–Crippen LogP) is 2.50. The lowest BCUT2D eigenvalue weighted by Gasteiger charge is -2.17. The second-order valence-corrected chi connectivity index (χ2v) is 5.71. The molecular formula is C16H21N5O. The van der Waals surface area contributed by atoms with Gasteiger partial charge in [0.05, 0.1) is 30.0 Å². The largest absolute Gasteiger partial charge is 0.328 e. The van der Waals surface area contributed by atoms with Gasteiger partial charge in [-0.25, -0.2) is 9.97 Å². The highest BCUT2D eigenvalue weighted by atomic mass is 16.2. The van der Waals surface area contributed by atoms with Crippen molar-refractivity contribution in [2.24, 2.45) is 0 Å². The molecule has 0 atom stereocenters. The number of rotatable bonds is 4. The molecule has 0 bridgehead atoms. The Kier molecular flexibility index (Phi) is 3.92. The molecule has 1 aliphatic heterocycles. The van der Waals surface area contributed by atoms with Gasteiger partial charge in [-0.05, 0) is 19.8 Å². The Balaban J connectivity index is 1.83. The smallest absolute Gasteiger partial charge is 0.257 e. The average Bonchev–Trinajstić information content (AvgIpc) is 3.12. The molecule has 116 valence electrons. The van der Waals surface area contributed by atoms with Gasteiger partial charge in [-0.1, -0.05) is 13.8 Å². The Labute approximate surface area is 130 Å². The Hall–Kier alpha value is -2.24. The van der Waals surface area contributed by atoms with E-state index in [9.17, 15) is 4.79 Å². The molecule has 0 radical (unpaired) electrons. The van der Waals surface area contributed by atoms with Crippen LogP contribution in [-0.2, 0) is 13.1 Å². The monoisotopic (exact) mass is 299 g/mol. The van der Waals surface area contributed by atoms with Crippen LogP contribution in [0.3, 0.4) is 0 Å². The first-order valence-corrected chi connectivity index (χ1v) is 7.76. The molecule has 0 spiro atoms. The number of amides is 1. The van der Waals surface area contributed by atoms with E-state index in [0.29, 0.717) is 24.7 Å². The van der Waals surface area contributed by atoms with E-state index in [0.717, 1.165) is 29.8 Å². The molecule has 1 aliphatic rings. The summed E-state index contributed by atoms with van der Waals surface area (Å²) in [6, 6.07) is 0.350. The van der Waals surface area contributed by atoms with E-state index in [1.54, 1.807) is 17.3 Å². The molecule has 22 heavy (non-hydrogen) atoms. The molecule has 1 amide bonds. The zero-order chi connectivity index (χ0) is 15.7. The molecular weight excluding hydrogens is 278 g/mol. The summed E-state index contributed by atoms with van der Waals surface area (Å²) in [6.45, 7) is 7.39. The summed E-state index contributed by atoms with van der Waals surface area (Å²) in [5, 5.41) is 4.44. The highest BCUT2D eigenvalue weighted by molar-refractivity contribution is 5.95. The number of hydrogen-bond donors (Lipinski definition) is 0. The van der Waals surface area contributed by atoms with Crippen LogP contribution < -0.4 is 0 Å². The SMILES string of the molecule is CCC(CC)n1ncc(C(=O)N2Cc3cncnc3C2)c1C. The Morgan fingerprint density at radius 3 is 2.73 bits per heavy atom. The maximum absolute atomic E-state index is 12.8. The summed E-state index contributed by atoms with van der Waals surface area (Å²) in [5.74, 6) is 0.0210. The number of carbonyl (C=O) groups is 1. The van der Waals surface area contributed by atoms with Gasteiger partial charge in [0.25, 0.3) is 5.91 Å². The van der Waals surface area contributed by atoms with Crippen LogP contribution in [0.15, 0.2) is 18.7 Å². The molecule has 0 saturated heterocycles. The van der Waals surface area contributed by atoms with Crippen molar-refractivity contribution in [1.82, 2.24) is 24.6 Å². The van der Waals surface area contributed by atoms with Gasteiger partial charge >= 0.3 is 0 Å². The van der Waals surface area contributed by atoms with E-state index in [2.05, 4.69) is 28.9 Å². The molecule has 0 N–H and O–H groups in total. The molecule has 3 heterocycles. The zero-order valence-corrected chi connectivity index (χ0v) is 13.3. The second kappa shape index (κ2) is 5.87. The first-order chi connectivity index (χ1) is 10.7. The van der Waals surface area contributed by atoms with Crippen LogP contribution >= 0.6 is 0 Å². The normalized spacial score (nSPS) is 13.7. The fourth-order valence-corrected chi connectivity index (χ4v) is 3.05. The van der Waals surface area contributed by atoms with E-state index in [-0.39, 0.29) is 5.91 Å². The first-order valence-electron chi connectivity index (χ1n) is 7.76. The molecule has 6 heteroatoms. The lowest BCUT2D eigenvalue weighted by molar-refractivity contribution is 0.0749. The van der Waals surface area contributed by atoms with Crippen LogP contribution in [0.1, 0.15) is 60.0 Å². The zero-order valence-electron chi connectivity index (χ0n) is 13.3. The highest BCUT2D eigenvalue weighted by Gasteiger charge is 2.28. The topological polar surface area (TPSA) is 63.9 Å². The molecule has 0 aliphatic carbocycles. The number of nitrogens with zero attached hydrogens (tertiary/aromatic N) is 5. The quantitative estimate of drug-likeness (QED) is 0.870. The Morgan fingerprint density at radius 2 is 2.05 bits per heavy atom.